The molecular formula is C29H36N4O4S. The van der Waals surface area contributed by atoms with E-state index >= 15 is 0 Å². The Kier molecular flexibility index (Phi) is 8.38. The first kappa shape index (κ1) is 27.6. The molecular weight excluding hydrogens is 500 g/mol. The van der Waals surface area contributed by atoms with Crippen LogP contribution in [-0.4, -0.2) is 55.7 Å². The fourth-order valence-electron chi connectivity index (χ4n) is 4.74. The minimum Gasteiger partial charge on any atom is -0.451 e. The first-order valence-electron chi connectivity index (χ1n) is 12.9. The fraction of sp³-hybridized carbons (Fsp3) is 0.379. The number of ketones is 1. The summed E-state index contributed by atoms with van der Waals surface area (Å²) >= 11 is 0. The van der Waals surface area contributed by atoms with E-state index in [0.717, 1.165) is 5.39 Å². The molecule has 2 aromatic heterocycles. The summed E-state index contributed by atoms with van der Waals surface area (Å²) in [6, 6.07) is 13.3. The van der Waals surface area contributed by atoms with Crippen LogP contribution < -0.4 is 10.6 Å². The van der Waals surface area contributed by atoms with Gasteiger partial charge in [0.05, 0.1) is 28.3 Å². The standard InChI is InChI=1S/C29H36N4O4S/c1-19(2)16-24(32-29(35)27-17-22-10-6-7-11-26(22)37-27)21(4)31-23-14-13-20(3)33(18-25(23)34)38(5,36)28-12-8-9-15-30-28/h6-12,15,17,19-20,23-24,31H,4-5,13-14,16,18H2,1-3H3,(H,32,35). The highest BCUT2D eigenvalue weighted by atomic mass is 32.2. The van der Waals surface area contributed by atoms with Crippen LogP contribution in [0.2, 0.25) is 0 Å². The van der Waals surface area contributed by atoms with Gasteiger partial charge in [-0.25, -0.2) is 13.5 Å². The van der Waals surface area contributed by atoms with E-state index in [1.165, 1.54) is 0 Å². The van der Waals surface area contributed by atoms with Gasteiger partial charge in [0.2, 0.25) is 0 Å². The van der Waals surface area contributed by atoms with Crippen LogP contribution in [0.1, 0.15) is 50.6 Å². The molecule has 4 atom stereocenters. The molecule has 0 saturated carbocycles. The van der Waals surface area contributed by atoms with Gasteiger partial charge in [-0.1, -0.05) is 44.7 Å². The maximum Gasteiger partial charge on any atom is 0.287 e. The van der Waals surface area contributed by atoms with Gasteiger partial charge in [0, 0.05) is 23.3 Å². The van der Waals surface area contributed by atoms with Crippen molar-refractivity contribution in [2.45, 2.75) is 63.2 Å². The summed E-state index contributed by atoms with van der Waals surface area (Å²) < 4.78 is 21.0. The Bertz CT molecular complexity index is 1380. The van der Waals surface area contributed by atoms with E-state index in [-0.39, 0.29) is 36.0 Å². The molecule has 0 aliphatic carbocycles. The van der Waals surface area contributed by atoms with E-state index in [1.54, 1.807) is 34.8 Å². The lowest BCUT2D eigenvalue weighted by molar-refractivity contribution is -0.120. The molecule has 38 heavy (non-hydrogen) atoms. The summed E-state index contributed by atoms with van der Waals surface area (Å²) in [7, 11) is -2.93. The molecule has 4 unspecified atom stereocenters. The first-order chi connectivity index (χ1) is 18.1. The molecule has 1 aliphatic heterocycles. The van der Waals surface area contributed by atoms with Crippen LogP contribution >= 0.6 is 0 Å². The zero-order valence-corrected chi connectivity index (χ0v) is 23.0. The lowest BCUT2D eigenvalue weighted by Gasteiger charge is -2.29. The number of Topliss-reactive ketones (excluding diaryl/α,β-unsaturated/α-hetero) is 1. The summed E-state index contributed by atoms with van der Waals surface area (Å²) in [6.07, 6.45) is 3.39. The molecule has 8 nitrogen and oxygen atoms in total. The predicted molar refractivity (Wildman–Crippen MR) is 151 cm³/mol. The van der Waals surface area contributed by atoms with Crippen molar-refractivity contribution in [1.29, 1.82) is 0 Å². The average Bonchev–Trinajstić information content (AvgIpc) is 3.27. The van der Waals surface area contributed by atoms with E-state index in [1.807, 2.05) is 31.2 Å². The number of nitrogens with zero attached hydrogens (tertiary/aromatic N) is 2. The van der Waals surface area contributed by atoms with Gasteiger partial charge in [0.1, 0.15) is 10.6 Å². The Labute approximate surface area is 224 Å². The minimum absolute atomic E-state index is 0.0226. The molecule has 2 N–H and O–H groups in total. The molecule has 1 fully saturated rings. The van der Waals surface area contributed by atoms with Crippen LogP contribution in [-0.2, 0) is 14.5 Å². The van der Waals surface area contributed by atoms with Crippen molar-refractivity contribution in [2.75, 3.05) is 6.54 Å². The van der Waals surface area contributed by atoms with Crippen molar-refractivity contribution >= 4 is 38.2 Å². The number of nitrogens with one attached hydrogen (secondary N) is 2. The maximum absolute atomic E-state index is 13.6. The molecule has 0 bridgehead atoms. The lowest BCUT2D eigenvalue weighted by Crippen LogP contribution is -2.47. The summed E-state index contributed by atoms with van der Waals surface area (Å²) in [4.78, 5) is 30.6. The van der Waals surface area contributed by atoms with Gasteiger partial charge in [-0.3, -0.25) is 9.59 Å². The molecule has 4 rings (SSSR count). The number of aromatic nitrogens is 1. The quantitative estimate of drug-likeness (QED) is 0.398. The Balaban J connectivity index is 1.47. The van der Waals surface area contributed by atoms with Gasteiger partial charge >= 0.3 is 0 Å². The molecule has 1 aliphatic rings. The second-order valence-corrected chi connectivity index (χ2v) is 12.5. The van der Waals surface area contributed by atoms with Crippen molar-refractivity contribution < 1.29 is 18.2 Å². The second kappa shape index (κ2) is 11.5. The third-order valence-corrected chi connectivity index (χ3v) is 8.99. The number of carbonyl (C=O) groups is 2. The van der Waals surface area contributed by atoms with Crippen molar-refractivity contribution in [3.63, 3.8) is 0 Å². The van der Waals surface area contributed by atoms with E-state index < -0.39 is 21.8 Å². The van der Waals surface area contributed by atoms with Crippen LogP contribution in [0.4, 0.5) is 0 Å². The number of carbonyl (C=O) groups excluding carboxylic acids is 2. The van der Waals surface area contributed by atoms with Crippen molar-refractivity contribution in [3.05, 3.63) is 72.8 Å². The Hall–Kier alpha value is -3.43. The molecule has 202 valence electrons. The monoisotopic (exact) mass is 536 g/mol. The number of amides is 1. The molecule has 1 aromatic carbocycles. The van der Waals surface area contributed by atoms with E-state index in [4.69, 9.17) is 4.42 Å². The van der Waals surface area contributed by atoms with E-state index in [0.29, 0.717) is 35.6 Å². The van der Waals surface area contributed by atoms with Gasteiger partial charge in [0.25, 0.3) is 5.91 Å². The van der Waals surface area contributed by atoms with Crippen LogP contribution in [0.5, 0.6) is 0 Å². The highest BCUT2D eigenvalue weighted by Crippen LogP contribution is 2.24. The predicted octanol–water partition coefficient (Wildman–Crippen LogP) is 4.19. The Morgan fingerprint density at radius 1 is 1.21 bits per heavy atom. The number of hydrogen-bond acceptors (Lipinski definition) is 6. The zero-order chi connectivity index (χ0) is 27.4. The molecule has 9 heteroatoms. The largest absolute Gasteiger partial charge is 0.451 e. The van der Waals surface area contributed by atoms with Crippen molar-refractivity contribution in [1.82, 2.24) is 19.9 Å². The minimum atomic E-state index is -2.93. The van der Waals surface area contributed by atoms with Gasteiger partial charge in [0.15, 0.2) is 11.5 Å². The first-order valence-corrected chi connectivity index (χ1v) is 14.6. The van der Waals surface area contributed by atoms with Gasteiger partial charge in [-0.05, 0) is 62.2 Å². The Morgan fingerprint density at radius 2 is 1.95 bits per heavy atom. The SMILES string of the molecule is C=C(NC1CCC(C)N(S(=C)(=O)c2ccccn2)CC1=O)C(CC(C)C)NC(=O)c1cc2ccccc2o1. The lowest BCUT2D eigenvalue weighted by atomic mass is 9.99. The highest BCUT2D eigenvalue weighted by Gasteiger charge is 2.34. The average molecular weight is 537 g/mol. The van der Waals surface area contributed by atoms with E-state index in [2.05, 4.69) is 41.9 Å². The molecule has 3 heterocycles. The highest BCUT2D eigenvalue weighted by molar-refractivity contribution is 7.98. The molecule has 3 aromatic rings. The number of furan rings is 1. The van der Waals surface area contributed by atoms with Gasteiger partial charge in [-0.15, -0.1) is 0 Å². The number of rotatable bonds is 9. The molecule has 0 radical (unpaired) electrons. The number of fused-ring (bicyclic) bond motifs is 1. The second-order valence-electron chi connectivity index (χ2n) is 10.3. The van der Waals surface area contributed by atoms with Crippen LogP contribution in [0, 0.1) is 5.92 Å². The normalized spacial score (nSPS) is 21.0. The van der Waals surface area contributed by atoms with Gasteiger partial charge < -0.3 is 15.1 Å². The fourth-order valence-corrected chi connectivity index (χ4v) is 6.52. The summed E-state index contributed by atoms with van der Waals surface area (Å²) in [5.74, 6) is 4.01. The number of pyridine rings is 1. The summed E-state index contributed by atoms with van der Waals surface area (Å²) in [5, 5.41) is 7.53. The third-order valence-electron chi connectivity index (χ3n) is 6.85. The summed E-state index contributed by atoms with van der Waals surface area (Å²) in [5.41, 5.74) is 1.20. The number of hydrogen-bond donors (Lipinski definition) is 2. The van der Waals surface area contributed by atoms with Crippen LogP contribution in [0.25, 0.3) is 11.0 Å². The van der Waals surface area contributed by atoms with Crippen molar-refractivity contribution in [3.8, 4) is 0 Å². The maximum atomic E-state index is 13.6. The number of para-hydroxylation sites is 1. The number of benzene rings is 1. The van der Waals surface area contributed by atoms with Crippen LogP contribution in [0.15, 0.2) is 76.4 Å². The van der Waals surface area contributed by atoms with Crippen LogP contribution in [0.3, 0.4) is 0 Å². The zero-order valence-electron chi connectivity index (χ0n) is 22.2. The smallest absolute Gasteiger partial charge is 0.287 e. The van der Waals surface area contributed by atoms with E-state index in [9.17, 15) is 13.8 Å². The van der Waals surface area contributed by atoms with Crippen molar-refractivity contribution in [2.24, 2.45) is 5.92 Å². The topological polar surface area (TPSA) is 105 Å². The third kappa shape index (κ3) is 6.16. The molecule has 1 amide bonds. The molecule has 0 spiro atoms. The Morgan fingerprint density at radius 3 is 2.63 bits per heavy atom. The summed E-state index contributed by atoms with van der Waals surface area (Å²) in [6.45, 7) is 10.2. The molecule has 1 saturated heterocycles. The van der Waals surface area contributed by atoms with Gasteiger partial charge in [-0.2, -0.15) is 0 Å².